The van der Waals surface area contributed by atoms with Crippen LogP contribution in [0.5, 0.6) is 0 Å². The third-order valence-corrected chi connectivity index (χ3v) is 5.84. The topological polar surface area (TPSA) is 71.3 Å². The van der Waals surface area contributed by atoms with Gasteiger partial charge in [0.25, 0.3) is 0 Å². The quantitative estimate of drug-likeness (QED) is 0.805. The Morgan fingerprint density at radius 2 is 2.43 bits per heavy atom. The highest BCUT2D eigenvalue weighted by Crippen LogP contribution is 2.27. The van der Waals surface area contributed by atoms with Gasteiger partial charge < -0.3 is 14.6 Å². The summed E-state index contributed by atoms with van der Waals surface area (Å²) in [4.78, 5) is 14.3. The molecule has 3 heterocycles. The van der Waals surface area contributed by atoms with E-state index in [0.717, 1.165) is 34.6 Å². The number of carbonyl (C=O) groups is 1. The zero-order valence-corrected chi connectivity index (χ0v) is 14.7. The van der Waals surface area contributed by atoms with Gasteiger partial charge in [0, 0.05) is 12.6 Å². The Morgan fingerprint density at radius 1 is 1.52 bits per heavy atom. The van der Waals surface area contributed by atoms with E-state index >= 15 is 0 Å². The third kappa shape index (κ3) is 4.48. The summed E-state index contributed by atoms with van der Waals surface area (Å²) in [6.07, 6.45) is 5.08. The summed E-state index contributed by atoms with van der Waals surface area (Å²) >= 11 is 2.92. The maximum absolute atomic E-state index is 12.3. The van der Waals surface area contributed by atoms with Crippen molar-refractivity contribution in [3.05, 3.63) is 24.2 Å². The average molecular weight is 352 g/mol. The van der Waals surface area contributed by atoms with Gasteiger partial charge >= 0.3 is 0 Å². The Labute approximate surface area is 143 Å². The van der Waals surface area contributed by atoms with E-state index in [4.69, 9.17) is 4.42 Å². The first-order valence-electron chi connectivity index (χ1n) is 7.74. The molecular formula is C15H20N4O2S2. The normalized spacial score (nSPS) is 18.1. The molecule has 3 rings (SSSR count). The van der Waals surface area contributed by atoms with Gasteiger partial charge in [0.05, 0.1) is 18.6 Å². The molecule has 1 saturated heterocycles. The summed E-state index contributed by atoms with van der Waals surface area (Å²) in [7, 11) is 0. The molecule has 0 saturated carbocycles. The molecule has 0 spiro atoms. The van der Waals surface area contributed by atoms with Crippen LogP contribution < -0.4 is 5.32 Å². The summed E-state index contributed by atoms with van der Waals surface area (Å²) in [6, 6.07) is 4.12. The fraction of sp³-hybridized carbons (Fsp3) is 0.533. The lowest BCUT2D eigenvalue weighted by molar-refractivity contribution is -0.131. The predicted molar refractivity (Wildman–Crippen MR) is 91.7 cm³/mol. The van der Waals surface area contributed by atoms with Crippen molar-refractivity contribution in [1.82, 2.24) is 15.1 Å². The van der Waals surface area contributed by atoms with Crippen molar-refractivity contribution in [1.29, 1.82) is 0 Å². The van der Waals surface area contributed by atoms with E-state index in [9.17, 15) is 4.79 Å². The number of piperidine rings is 1. The standard InChI is InChI=1S/C15H20N4O2S2/c1-11-5-2-3-7-19(11)13(20)10-22-15-18-17-14(23-15)16-9-12-6-4-8-21-12/h4,6,8,11H,2-3,5,7,9-10H2,1H3,(H,16,17)/t11-/m0/s1. The van der Waals surface area contributed by atoms with Gasteiger partial charge in [-0.05, 0) is 38.3 Å². The van der Waals surface area contributed by atoms with Gasteiger partial charge in [-0.3, -0.25) is 4.79 Å². The van der Waals surface area contributed by atoms with Crippen molar-refractivity contribution in [2.75, 3.05) is 17.6 Å². The number of nitrogens with zero attached hydrogens (tertiary/aromatic N) is 3. The molecule has 2 aromatic heterocycles. The van der Waals surface area contributed by atoms with E-state index in [2.05, 4.69) is 22.4 Å². The lowest BCUT2D eigenvalue weighted by Gasteiger charge is -2.33. The van der Waals surface area contributed by atoms with Crippen LogP contribution in [0.4, 0.5) is 5.13 Å². The Balaban J connectivity index is 1.46. The monoisotopic (exact) mass is 352 g/mol. The van der Waals surface area contributed by atoms with E-state index < -0.39 is 0 Å². The average Bonchev–Trinajstić information content (AvgIpc) is 3.22. The van der Waals surface area contributed by atoms with Crippen LogP contribution in [0.1, 0.15) is 31.9 Å². The number of aromatic nitrogens is 2. The summed E-state index contributed by atoms with van der Waals surface area (Å²) in [5.41, 5.74) is 0. The SMILES string of the molecule is C[C@H]1CCCCN1C(=O)CSc1nnc(NCc2ccco2)s1. The van der Waals surface area contributed by atoms with E-state index in [0.29, 0.717) is 18.3 Å². The molecule has 0 bridgehead atoms. The summed E-state index contributed by atoms with van der Waals surface area (Å²) < 4.78 is 6.07. The van der Waals surface area contributed by atoms with Gasteiger partial charge in [0.15, 0.2) is 4.34 Å². The number of anilines is 1. The first-order valence-corrected chi connectivity index (χ1v) is 9.54. The van der Waals surface area contributed by atoms with Gasteiger partial charge in [-0.2, -0.15) is 0 Å². The second kappa shape index (κ2) is 7.83. The lowest BCUT2D eigenvalue weighted by atomic mass is 10.0. The molecule has 8 heteroatoms. The minimum atomic E-state index is 0.197. The number of furan rings is 1. The molecule has 2 aromatic rings. The van der Waals surface area contributed by atoms with Crippen molar-refractivity contribution in [2.24, 2.45) is 0 Å². The molecule has 1 amide bonds. The smallest absolute Gasteiger partial charge is 0.233 e. The number of carbonyl (C=O) groups excluding carboxylic acids is 1. The number of rotatable bonds is 6. The minimum Gasteiger partial charge on any atom is -0.467 e. The first-order chi connectivity index (χ1) is 11.2. The van der Waals surface area contributed by atoms with Crippen molar-refractivity contribution in [3.63, 3.8) is 0 Å². The molecule has 1 aliphatic rings. The Bertz CT molecular complexity index is 629. The van der Waals surface area contributed by atoms with Crippen LogP contribution in [-0.2, 0) is 11.3 Å². The van der Waals surface area contributed by atoms with E-state index in [1.54, 1.807) is 6.26 Å². The molecule has 1 atom stereocenters. The highest BCUT2D eigenvalue weighted by molar-refractivity contribution is 8.01. The fourth-order valence-corrected chi connectivity index (χ4v) is 4.22. The molecule has 23 heavy (non-hydrogen) atoms. The molecule has 0 aromatic carbocycles. The molecule has 0 radical (unpaired) electrons. The first kappa shape index (κ1) is 16.3. The van der Waals surface area contributed by atoms with Gasteiger partial charge in [-0.25, -0.2) is 0 Å². The summed E-state index contributed by atoms with van der Waals surface area (Å²) in [6.45, 7) is 3.59. The Morgan fingerprint density at radius 3 is 3.22 bits per heavy atom. The second-order valence-corrected chi connectivity index (χ2v) is 7.73. The van der Waals surface area contributed by atoms with Crippen LogP contribution >= 0.6 is 23.1 Å². The van der Waals surface area contributed by atoms with Crippen LogP contribution in [-0.4, -0.2) is 39.3 Å². The molecule has 0 aliphatic carbocycles. The number of amides is 1. The molecule has 0 unspecified atom stereocenters. The number of thioether (sulfide) groups is 1. The van der Waals surface area contributed by atoms with Gasteiger partial charge in [-0.1, -0.05) is 23.1 Å². The molecule has 6 nitrogen and oxygen atoms in total. The summed E-state index contributed by atoms with van der Waals surface area (Å²) in [5.74, 6) is 1.48. The molecule has 1 N–H and O–H groups in total. The van der Waals surface area contributed by atoms with Crippen LogP contribution in [0.3, 0.4) is 0 Å². The molecular weight excluding hydrogens is 332 g/mol. The molecule has 124 valence electrons. The van der Waals surface area contributed by atoms with Gasteiger partial charge in [0.2, 0.25) is 11.0 Å². The van der Waals surface area contributed by atoms with Gasteiger partial charge in [0.1, 0.15) is 5.76 Å². The lowest BCUT2D eigenvalue weighted by Crippen LogP contribution is -2.42. The van der Waals surface area contributed by atoms with Crippen molar-refractivity contribution >= 4 is 34.1 Å². The van der Waals surface area contributed by atoms with E-state index in [1.165, 1.54) is 29.5 Å². The van der Waals surface area contributed by atoms with Crippen molar-refractivity contribution in [2.45, 2.75) is 43.1 Å². The van der Waals surface area contributed by atoms with Crippen LogP contribution in [0.15, 0.2) is 27.2 Å². The number of hydrogen-bond donors (Lipinski definition) is 1. The van der Waals surface area contributed by atoms with Crippen LogP contribution in [0.2, 0.25) is 0 Å². The second-order valence-electron chi connectivity index (χ2n) is 5.53. The van der Waals surface area contributed by atoms with E-state index in [-0.39, 0.29) is 5.91 Å². The maximum atomic E-state index is 12.3. The predicted octanol–water partition coefficient (Wildman–Crippen LogP) is 3.24. The highest BCUT2D eigenvalue weighted by Gasteiger charge is 2.23. The van der Waals surface area contributed by atoms with Crippen LogP contribution in [0.25, 0.3) is 0 Å². The third-order valence-electron chi connectivity index (χ3n) is 3.84. The van der Waals surface area contributed by atoms with Gasteiger partial charge in [-0.15, -0.1) is 10.2 Å². The van der Waals surface area contributed by atoms with Crippen molar-refractivity contribution in [3.8, 4) is 0 Å². The number of likely N-dealkylation sites (tertiary alicyclic amines) is 1. The number of nitrogens with one attached hydrogen (secondary N) is 1. The van der Waals surface area contributed by atoms with Crippen molar-refractivity contribution < 1.29 is 9.21 Å². The largest absolute Gasteiger partial charge is 0.467 e. The molecule has 1 aliphatic heterocycles. The summed E-state index contributed by atoms with van der Waals surface area (Å²) in [5, 5.41) is 12.1. The van der Waals surface area contributed by atoms with Crippen LogP contribution in [0, 0.1) is 0 Å². The Kier molecular flexibility index (Phi) is 5.56. The number of hydrogen-bond acceptors (Lipinski definition) is 7. The zero-order chi connectivity index (χ0) is 16.1. The fourth-order valence-electron chi connectivity index (χ4n) is 2.59. The minimum absolute atomic E-state index is 0.197. The maximum Gasteiger partial charge on any atom is 0.233 e. The highest BCUT2D eigenvalue weighted by atomic mass is 32.2. The Hall–Kier alpha value is -1.54. The van der Waals surface area contributed by atoms with E-state index in [1.807, 2.05) is 17.0 Å². The molecule has 1 fully saturated rings. The zero-order valence-electron chi connectivity index (χ0n) is 13.0.